The zero-order valence-corrected chi connectivity index (χ0v) is 13.3. The first-order valence-electron chi connectivity index (χ1n) is 6.90. The predicted octanol–water partition coefficient (Wildman–Crippen LogP) is 2.20. The van der Waals surface area contributed by atoms with E-state index >= 15 is 0 Å². The highest BCUT2D eigenvalue weighted by Gasteiger charge is 2.54. The van der Waals surface area contributed by atoms with E-state index in [1.807, 2.05) is 0 Å². The molecule has 3 aliphatic rings. The first-order chi connectivity index (χ1) is 8.93. The fourth-order valence-electron chi connectivity index (χ4n) is 2.79. The highest BCUT2D eigenvalue weighted by molar-refractivity contribution is 8.14. The molecule has 0 aromatic rings. The van der Waals surface area contributed by atoms with Crippen LogP contribution in [0.4, 0.5) is 0 Å². The molecule has 19 heavy (non-hydrogen) atoms. The van der Waals surface area contributed by atoms with Crippen molar-refractivity contribution in [1.82, 2.24) is 0 Å². The van der Waals surface area contributed by atoms with Gasteiger partial charge >= 0.3 is 0 Å². The van der Waals surface area contributed by atoms with Crippen LogP contribution < -0.4 is 11.5 Å². The van der Waals surface area contributed by atoms with E-state index in [0.29, 0.717) is 29.2 Å². The maximum Gasteiger partial charge on any atom is 0.154 e. The van der Waals surface area contributed by atoms with Gasteiger partial charge in [0.15, 0.2) is 5.17 Å². The quantitative estimate of drug-likeness (QED) is 0.729. The number of nitrogens with zero attached hydrogens (tertiary/aromatic N) is 2. The Morgan fingerprint density at radius 1 is 1.32 bits per heavy atom. The van der Waals surface area contributed by atoms with E-state index in [9.17, 15) is 0 Å². The van der Waals surface area contributed by atoms with E-state index in [0.717, 1.165) is 23.8 Å². The van der Waals surface area contributed by atoms with Crippen molar-refractivity contribution in [2.75, 3.05) is 0 Å². The molecule has 1 fully saturated rings. The molecule has 6 heteroatoms. The SMILES string of the molecule is CC[C@H]1SC(N)=N[C@@H]1C.C[C@H]1CC(N)=N[C@@H]2C(Cl)[C@@H]21. The van der Waals surface area contributed by atoms with Gasteiger partial charge in [-0.15, -0.1) is 11.6 Å². The van der Waals surface area contributed by atoms with E-state index in [1.165, 1.54) is 0 Å². The van der Waals surface area contributed by atoms with Gasteiger partial charge in [-0.2, -0.15) is 0 Å². The summed E-state index contributed by atoms with van der Waals surface area (Å²) in [5.74, 6) is 2.05. The molecule has 6 atom stereocenters. The first kappa shape index (κ1) is 15.0. The van der Waals surface area contributed by atoms with Crippen LogP contribution in [0.5, 0.6) is 0 Å². The number of rotatable bonds is 1. The molecule has 0 spiro atoms. The van der Waals surface area contributed by atoms with Crippen molar-refractivity contribution in [3.8, 4) is 0 Å². The van der Waals surface area contributed by atoms with Gasteiger partial charge in [-0.25, -0.2) is 0 Å². The van der Waals surface area contributed by atoms with E-state index < -0.39 is 0 Å². The molecule has 2 aliphatic heterocycles. The molecule has 3 rings (SSSR count). The van der Waals surface area contributed by atoms with Crippen molar-refractivity contribution in [1.29, 1.82) is 0 Å². The number of thioether (sulfide) groups is 1. The molecule has 0 aromatic carbocycles. The van der Waals surface area contributed by atoms with Gasteiger partial charge in [-0.3, -0.25) is 9.98 Å². The monoisotopic (exact) mass is 302 g/mol. The highest BCUT2D eigenvalue weighted by atomic mass is 35.5. The number of hydrogen-bond donors (Lipinski definition) is 2. The third kappa shape index (κ3) is 3.37. The van der Waals surface area contributed by atoms with Crippen LogP contribution in [0.15, 0.2) is 9.98 Å². The Labute approximate surface area is 124 Å². The lowest BCUT2D eigenvalue weighted by Crippen LogP contribution is -2.22. The van der Waals surface area contributed by atoms with Crippen LogP contribution in [0.25, 0.3) is 0 Å². The summed E-state index contributed by atoms with van der Waals surface area (Å²) >= 11 is 7.66. The average Bonchev–Trinajstić information content (AvgIpc) is 2.84. The summed E-state index contributed by atoms with van der Waals surface area (Å²) in [6, 6.07) is 0.783. The zero-order chi connectivity index (χ0) is 14.2. The summed E-state index contributed by atoms with van der Waals surface area (Å²) in [5.41, 5.74) is 11.1. The van der Waals surface area contributed by atoms with Crippen molar-refractivity contribution in [2.24, 2.45) is 33.3 Å². The maximum atomic E-state index is 5.96. The summed E-state index contributed by atoms with van der Waals surface area (Å²) in [4.78, 5) is 8.45. The van der Waals surface area contributed by atoms with E-state index in [1.54, 1.807) is 11.8 Å². The molecule has 0 bridgehead atoms. The Hall–Kier alpha value is -0.420. The number of halogens is 1. The standard InChI is InChI=1S/C7H11ClN2.C6H12N2S/c1-3-2-4(9)10-7-5(3)6(7)8;1-3-5-4(2)8-6(7)9-5/h3,5-7H,2H2,1H3,(H2,9,10);4-5H,3H2,1-2H3,(H2,7,8)/t3-,5-,6?,7-;4-,5-/m01/s1. The topological polar surface area (TPSA) is 76.8 Å². The zero-order valence-electron chi connectivity index (χ0n) is 11.7. The second kappa shape index (κ2) is 5.92. The second-order valence-electron chi connectivity index (χ2n) is 5.59. The van der Waals surface area contributed by atoms with E-state index in [4.69, 9.17) is 23.1 Å². The maximum absolute atomic E-state index is 5.96. The lowest BCUT2D eigenvalue weighted by Gasteiger charge is -2.13. The molecule has 0 aromatic heterocycles. The minimum absolute atomic E-state index is 0.274. The number of hydrogen-bond acceptors (Lipinski definition) is 5. The lowest BCUT2D eigenvalue weighted by atomic mass is 9.99. The van der Waals surface area contributed by atoms with Crippen LogP contribution in [0.3, 0.4) is 0 Å². The fourth-order valence-corrected chi connectivity index (χ4v) is 4.29. The number of alkyl halides is 1. The molecule has 108 valence electrons. The van der Waals surface area contributed by atoms with Crippen molar-refractivity contribution >= 4 is 34.4 Å². The summed E-state index contributed by atoms with van der Waals surface area (Å²) < 4.78 is 0. The van der Waals surface area contributed by atoms with Crippen LogP contribution in [-0.2, 0) is 0 Å². The number of aliphatic imine (C=N–C) groups is 2. The molecule has 0 amide bonds. The molecule has 0 saturated heterocycles. The Morgan fingerprint density at radius 2 is 2.00 bits per heavy atom. The third-order valence-corrected chi connectivity index (χ3v) is 5.92. The molecular formula is C13H23ClN4S. The Morgan fingerprint density at radius 3 is 2.42 bits per heavy atom. The third-order valence-electron chi connectivity index (χ3n) is 3.99. The van der Waals surface area contributed by atoms with Crippen molar-refractivity contribution < 1.29 is 0 Å². The van der Waals surface area contributed by atoms with Gasteiger partial charge in [0.2, 0.25) is 0 Å². The minimum Gasteiger partial charge on any atom is -0.387 e. The van der Waals surface area contributed by atoms with Crippen LogP contribution in [0, 0.1) is 11.8 Å². The van der Waals surface area contributed by atoms with Crippen LogP contribution in [0.1, 0.15) is 33.6 Å². The lowest BCUT2D eigenvalue weighted by molar-refractivity contribution is 0.499. The van der Waals surface area contributed by atoms with Gasteiger partial charge in [0, 0.05) is 17.6 Å². The summed E-state index contributed by atoms with van der Waals surface area (Å²) in [7, 11) is 0. The normalized spacial score (nSPS) is 43.6. The smallest absolute Gasteiger partial charge is 0.154 e. The van der Waals surface area contributed by atoms with Crippen LogP contribution in [0.2, 0.25) is 0 Å². The second-order valence-corrected chi connectivity index (χ2v) is 7.35. The molecule has 0 radical (unpaired) electrons. The number of amidine groups is 2. The van der Waals surface area contributed by atoms with Crippen molar-refractivity contribution in [2.45, 2.75) is 56.3 Å². The van der Waals surface area contributed by atoms with Crippen LogP contribution in [-0.4, -0.2) is 33.7 Å². The van der Waals surface area contributed by atoms with Crippen molar-refractivity contribution in [3.05, 3.63) is 0 Å². The summed E-state index contributed by atoms with van der Waals surface area (Å²) in [6.45, 7) is 6.48. The minimum atomic E-state index is 0.274. The summed E-state index contributed by atoms with van der Waals surface area (Å²) in [6.07, 6.45) is 2.10. The molecule has 1 unspecified atom stereocenters. The highest BCUT2D eigenvalue weighted by Crippen LogP contribution is 2.48. The van der Waals surface area contributed by atoms with Gasteiger partial charge in [-0.05, 0) is 19.3 Å². The van der Waals surface area contributed by atoms with Gasteiger partial charge in [0.1, 0.15) is 0 Å². The average molecular weight is 303 g/mol. The largest absolute Gasteiger partial charge is 0.387 e. The Kier molecular flexibility index (Phi) is 4.66. The Bertz CT molecular complexity index is 398. The van der Waals surface area contributed by atoms with E-state index in [2.05, 4.69) is 30.8 Å². The van der Waals surface area contributed by atoms with E-state index in [-0.39, 0.29) is 5.38 Å². The summed E-state index contributed by atoms with van der Waals surface area (Å²) in [5, 5.41) is 1.66. The van der Waals surface area contributed by atoms with Gasteiger partial charge in [0.05, 0.1) is 23.3 Å². The molecule has 4 nitrogen and oxygen atoms in total. The number of nitrogens with two attached hydrogens (primary N) is 2. The molecular weight excluding hydrogens is 280 g/mol. The van der Waals surface area contributed by atoms with Gasteiger partial charge in [0.25, 0.3) is 0 Å². The Balaban J connectivity index is 0.000000141. The molecule has 1 saturated carbocycles. The fraction of sp³-hybridized carbons (Fsp3) is 0.846. The molecule has 4 N–H and O–H groups in total. The van der Waals surface area contributed by atoms with Crippen molar-refractivity contribution in [3.63, 3.8) is 0 Å². The predicted molar refractivity (Wildman–Crippen MR) is 85.1 cm³/mol. The van der Waals surface area contributed by atoms with Crippen LogP contribution >= 0.6 is 23.4 Å². The molecule has 1 aliphatic carbocycles. The molecule has 2 heterocycles. The van der Waals surface area contributed by atoms with Gasteiger partial charge < -0.3 is 11.5 Å². The number of fused-ring (bicyclic) bond motifs is 1. The first-order valence-corrected chi connectivity index (χ1v) is 8.21. The van der Waals surface area contributed by atoms with Gasteiger partial charge in [-0.1, -0.05) is 25.6 Å².